The number of nitrogens with one attached hydrogen (secondary N) is 1. The van der Waals surface area contributed by atoms with E-state index in [1.807, 2.05) is 0 Å². The number of nitrogens with two attached hydrogens (primary N) is 1. The zero-order valence-electron chi connectivity index (χ0n) is 12.9. The molecule has 1 aromatic rings. The lowest BCUT2D eigenvalue weighted by Gasteiger charge is -2.26. The SMILES string of the molecule is CCCC(OC)C(Cc1c(C)cc(C)cc1C)NN. The Morgan fingerprint density at radius 1 is 1.21 bits per heavy atom. The van der Waals surface area contributed by atoms with Crippen molar-refractivity contribution >= 4 is 0 Å². The van der Waals surface area contributed by atoms with E-state index in [2.05, 4.69) is 45.3 Å². The molecule has 1 rings (SSSR count). The van der Waals surface area contributed by atoms with E-state index >= 15 is 0 Å². The number of methoxy groups -OCH3 is 1. The van der Waals surface area contributed by atoms with Gasteiger partial charge in [0.1, 0.15) is 0 Å². The highest BCUT2D eigenvalue weighted by molar-refractivity contribution is 5.38. The summed E-state index contributed by atoms with van der Waals surface area (Å²) in [6.45, 7) is 8.65. The highest BCUT2D eigenvalue weighted by Crippen LogP contribution is 2.20. The van der Waals surface area contributed by atoms with Crippen molar-refractivity contribution in [1.82, 2.24) is 5.43 Å². The van der Waals surface area contributed by atoms with E-state index in [1.165, 1.54) is 22.3 Å². The van der Waals surface area contributed by atoms with E-state index in [0.717, 1.165) is 19.3 Å². The average Bonchev–Trinajstić information content (AvgIpc) is 2.36. The predicted molar refractivity (Wildman–Crippen MR) is 81.2 cm³/mol. The fourth-order valence-corrected chi connectivity index (χ4v) is 2.82. The van der Waals surface area contributed by atoms with Gasteiger partial charge in [0.25, 0.3) is 0 Å². The molecule has 1 aromatic carbocycles. The number of hydrazine groups is 1. The molecule has 0 aliphatic rings. The van der Waals surface area contributed by atoms with Crippen molar-refractivity contribution in [2.45, 2.75) is 59.1 Å². The van der Waals surface area contributed by atoms with Crippen LogP contribution in [0.25, 0.3) is 0 Å². The molecule has 3 heteroatoms. The summed E-state index contributed by atoms with van der Waals surface area (Å²) < 4.78 is 5.58. The lowest BCUT2D eigenvalue weighted by Crippen LogP contribution is -2.46. The lowest BCUT2D eigenvalue weighted by molar-refractivity contribution is 0.0608. The van der Waals surface area contributed by atoms with Crippen molar-refractivity contribution in [3.05, 3.63) is 34.4 Å². The molecule has 0 heterocycles. The molecule has 108 valence electrons. The zero-order valence-corrected chi connectivity index (χ0v) is 12.9. The maximum atomic E-state index is 5.73. The Hall–Kier alpha value is -0.900. The normalized spacial score (nSPS) is 14.4. The quantitative estimate of drug-likeness (QED) is 0.588. The maximum absolute atomic E-state index is 5.73. The van der Waals surface area contributed by atoms with Gasteiger partial charge in [0.15, 0.2) is 0 Å². The van der Waals surface area contributed by atoms with Crippen molar-refractivity contribution in [3.8, 4) is 0 Å². The standard InChI is InChI=1S/C16H28N2O/c1-6-7-16(19-5)15(18-17)10-14-12(3)8-11(2)9-13(14)4/h8-9,15-16,18H,6-7,10,17H2,1-5H3. The minimum Gasteiger partial charge on any atom is -0.380 e. The maximum Gasteiger partial charge on any atom is 0.0740 e. The topological polar surface area (TPSA) is 47.3 Å². The van der Waals surface area contributed by atoms with Crippen LogP contribution in [0.1, 0.15) is 42.0 Å². The summed E-state index contributed by atoms with van der Waals surface area (Å²) in [6.07, 6.45) is 3.19. The minimum atomic E-state index is 0.157. The van der Waals surface area contributed by atoms with Crippen LogP contribution in [0.4, 0.5) is 0 Å². The van der Waals surface area contributed by atoms with Crippen molar-refractivity contribution in [1.29, 1.82) is 0 Å². The third kappa shape index (κ3) is 4.30. The van der Waals surface area contributed by atoms with Crippen LogP contribution in [-0.4, -0.2) is 19.3 Å². The molecule has 0 spiro atoms. The third-order valence-electron chi connectivity index (χ3n) is 3.80. The van der Waals surface area contributed by atoms with Crippen molar-refractivity contribution in [2.24, 2.45) is 5.84 Å². The van der Waals surface area contributed by atoms with E-state index in [-0.39, 0.29) is 12.1 Å². The Balaban J connectivity index is 2.92. The Labute approximate surface area is 117 Å². The Morgan fingerprint density at radius 3 is 2.21 bits per heavy atom. The second-order valence-corrected chi connectivity index (χ2v) is 5.42. The molecule has 0 amide bonds. The molecule has 3 nitrogen and oxygen atoms in total. The van der Waals surface area contributed by atoms with Crippen LogP contribution in [0, 0.1) is 20.8 Å². The molecular formula is C16H28N2O. The van der Waals surface area contributed by atoms with E-state index in [9.17, 15) is 0 Å². The number of hydrogen-bond donors (Lipinski definition) is 2. The van der Waals surface area contributed by atoms with Gasteiger partial charge in [-0.2, -0.15) is 0 Å². The molecule has 19 heavy (non-hydrogen) atoms. The summed E-state index contributed by atoms with van der Waals surface area (Å²) in [4.78, 5) is 0. The molecule has 0 fully saturated rings. The van der Waals surface area contributed by atoms with Gasteiger partial charge in [-0.05, 0) is 50.3 Å². The Morgan fingerprint density at radius 2 is 1.79 bits per heavy atom. The molecule has 2 atom stereocenters. The van der Waals surface area contributed by atoms with Gasteiger partial charge in [-0.1, -0.05) is 31.0 Å². The number of benzene rings is 1. The van der Waals surface area contributed by atoms with Gasteiger partial charge in [-0.3, -0.25) is 11.3 Å². The fraction of sp³-hybridized carbons (Fsp3) is 0.625. The van der Waals surface area contributed by atoms with Crippen LogP contribution in [0.5, 0.6) is 0 Å². The molecule has 0 aliphatic heterocycles. The number of rotatable bonds is 7. The summed E-state index contributed by atoms with van der Waals surface area (Å²) in [6, 6.07) is 4.62. The van der Waals surface area contributed by atoms with Gasteiger partial charge in [-0.25, -0.2) is 0 Å². The Bertz CT molecular complexity index is 381. The summed E-state index contributed by atoms with van der Waals surface area (Å²) in [5, 5.41) is 0. The van der Waals surface area contributed by atoms with Crippen LogP contribution < -0.4 is 11.3 Å². The summed E-state index contributed by atoms with van der Waals surface area (Å²) >= 11 is 0. The van der Waals surface area contributed by atoms with Crippen LogP contribution in [0.2, 0.25) is 0 Å². The van der Waals surface area contributed by atoms with Crippen molar-refractivity contribution in [3.63, 3.8) is 0 Å². The van der Waals surface area contributed by atoms with E-state index < -0.39 is 0 Å². The molecule has 0 aliphatic carbocycles. The first kappa shape index (κ1) is 16.2. The second-order valence-electron chi connectivity index (χ2n) is 5.42. The summed E-state index contributed by atoms with van der Waals surface area (Å²) in [5.74, 6) is 5.73. The van der Waals surface area contributed by atoms with Crippen molar-refractivity contribution < 1.29 is 4.74 Å². The molecule has 0 saturated heterocycles. The summed E-state index contributed by atoms with van der Waals surface area (Å²) in [7, 11) is 1.76. The number of aryl methyl sites for hydroxylation is 3. The molecule has 0 bridgehead atoms. The monoisotopic (exact) mass is 264 g/mol. The first-order valence-electron chi connectivity index (χ1n) is 7.09. The average molecular weight is 264 g/mol. The zero-order chi connectivity index (χ0) is 14.4. The third-order valence-corrected chi connectivity index (χ3v) is 3.80. The second kappa shape index (κ2) is 7.63. The molecule has 0 saturated carbocycles. The van der Waals surface area contributed by atoms with Crippen LogP contribution in [0.15, 0.2) is 12.1 Å². The first-order valence-corrected chi connectivity index (χ1v) is 7.09. The van der Waals surface area contributed by atoms with Crippen LogP contribution in [-0.2, 0) is 11.2 Å². The van der Waals surface area contributed by atoms with Crippen LogP contribution in [0.3, 0.4) is 0 Å². The van der Waals surface area contributed by atoms with Gasteiger partial charge >= 0.3 is 0 Å². The van der Waals surface area contributed by atoms with E-state index in [4.69, 9.17) is 10.6 Å². The highest BCUT2D eigenvalue weighted by atomic mass is 16.5. The molecule has 0 radical (unpaired) electrons. The first-order chi connectivity index (χ1) is 9.03. The largest absolute Gasteiger partial charge is 0.380 e. The molecular weight excluding hydrogens is 236 g/mol. The highest BCUT2D eigenvalue weighted by Gasteiger charge is 2.21. The van der Waals surface area contributed by atoms with Gasteiger partial charge < -0.3 is 4.74 Å². The fourth-order valence-electron chi connectivity index (χ4n) is 2.82. The molecule has 0 aromatic heterocycles. The van der Waals surface area contributed by atoms with Gasteiger partial charge in [0.05, 0.1) is 12.1 Å². The predicted octanol–water partition coefficient (Wildman–Crippen LogP) is 2.80. The van der Waals surface area contributed by atoms with Gasteiger partial charge in [0, 0.05) is 7.11 Å². The molecule has 2 unspecified atom stereocenters. The number of ether oxygens (including phenoxy) is 1. The van der Waals surface area contributed by atoms with Gasteiger partial charge in [0.2, 0.25) is 0 Å². The summed E-state index contributed by atoms with van der Waals surface area (Å²) in [5.41, 5.74) is 8.30. The van der Waals surface area contributed by atoms with Crippen molar-refractivity contribution in [2.75, 3.05) is 7.11 Å². The minimum absolute atomic E-state index is 0.157. The lowest BCUT2D eigenvalue weighted by atomic mass is 9.91. The van der Waals surface area contributed by atoms with Gasteiger partial charge in [-0.15, -0.1) is 0 Å². The smallest absolute Gasteiger partial charge is 0.0740 e. The Kier molecular flexibility index (Phi) is 6.49. The van der Waals surface area contributed by atoms with Crippen LogP contribution >= 0.6 is 0 Å². The number of hydrogen-bond acceptors (Lipinski definition) is 3. The molecule has 3 N–H and O–H groups in total. The van der Waals surface area contributed by atoms with E-state index in [1.54, 1.807) is 7.11 Å². The van der Waals surface area contributed by atoms with E-state index in [0.29, 0.717) is 0 Å².